The summed E-state index contributed by atoms with van der Waals surface area (Å²) in [5.41, 5.74) is -0.197. The van der Waals surface area contributed by atoms with Gasteiger partial charge in [-0.2, -0.15) is 0 Å². The molecule has 4 rings (SSSR count). The summed E-state index contributed by atoms with van der Waals surface area (Å²) in [6.45, 7) is 4.39. The maximum Gasteiger partial charge on any atom is 0.139 e. The van der Waals surface area contributed by atoms with E-state index in [9.17, 15) is 14.0 Å². The van der Waals surface area contributed by atoms with Crippen molar-refractivity contribution in [3.05, 3.63) is 0 Å². The lowest BCUT2D eigenvalue weighted by molar-refractivity contribution is -0.158. The number of hydrogen-bond acceptors (Lipinski definition) is 2. The van der Waals surface area contributed by atoms with Gasteiger partial charge in [0.1, 0.15) is 17.7 Å². The third-order valence-electron chi connectivity index (χ3n) is 8.10. The van der Waals surface area contributed by atoms with E-state index in [1.54, 1.807) is 0 Å². The summed E-state index contributed by atoms with van der Waals surface area (Å²) in [6, 6.07) is 0. The van der Waals surface area contributed by atoms with Gasteiger partial charge in [-0.15, -0.1) is 0 Å². The molecule has 0 spiro atoms. The highest BCUT2D eigenvalue weighted by atomic mass is 19.1. The van der Waals surface area contributed by atoms with Crippen LogP contribution in [-0.4, -0.2) is 17.7 Å². The molecule has 0 bridgehead atoms. The van der Waals surface area contributed by atoms with Gasteiger partial charge in [0.25, 0.3) is 0 Å². The largest absolute Gasteiger partial charge is 0.299 e. The fourth-order valence-electron chi connectivity index (χ4n) is 6.76. The van der Waals surface area contributed by atoms with Crippen LogP contribution in [0.5, 0.6) is 0 Å². The molecule has 0 aromatic heterocycles. The zero-order chi connectivity index (χ0) is 15.7. The molecule has 0 radical (unpaired) electrons. The third-order valence-corrected chi connectivity index (χ3v) is 8.10. The van der Waals surface area contributed by atoms with Crippen molar-refractivity contribution in [1.82, 2.24) is 0 Å². The monoisotopic (exact) mass is 306 g/mol. The molecule has 0 N–H and O–H groups in total. The van der Waals surface area contributed by atoms with Crippen LogP contribution in [0, 0.1) is 34.5 Å². The number of rotatable bonds is 0. The number of hydrogen-bond donors (Lipinski definition) is 0. The van der Waals surface area contributed by atoms with Crippen LogP contribution in [0.3, 0.4) is 0 Å². The Labute approximate surface area is 132 Å². The first-order valence-corrected chi connectivity index (χ1v) is 9.06. The maximum absolute atomic E-state index is 13.9. The summed E-state index contributed by atoms with van der Waals surface area (Å²) >= 11 is 0. The lowest BCUT2D eigenvalue weighted by Gasteiger charge is -2.58. The number of fused-ring (bicyclic) bond motifs is 5. The molecule has 0 amide bonds. The van der Waals surface area contributed by atoms with Crippen molar-refractivity contribution in [1.29, 1.82) is 0 Å². The summed E-state index contributed by atoms with van der Waals surface area (Å²) in [5, 5.41) is 0. The molecular weight excluding hydrogens is 279 g/mol. The Morgan fingerprint density at radius 3 is 2.59 bits per heavy atom. The van der Waals surface area contributed by atoms with E-state index < -0.39 is 6.17 Å². The number of carbonyl (C=O) groups excluding carboxylic acids is 2. The van der Waals surface area contributed by atoms with E-state index in [0.717, 1.165) is 25.7 Å². The van der Waals surface area contributed by atoms with Gasteiger partial charge in [0.2, 0.25) is 0 Å². The molecule has 4 aliphatic carbocycles. The predicted octanol–water partition coefficient (Wildman–Crippen LogP) is 4.12. The van der Waals surface area contributed by atoms with Crippen molar-refractivity contribution < 1.29 is 14.0 Å². The first-order chi connectivity index (χ1) is 10.4. The minimum atomic E-state index is -0.791. The van der Waals surface area contributed by atoms with Crippen LogP contribution in [-0.2, 0) is 9.59 Å². The Bertz CT molecular complexity index is 530. The van der Waals surface area contributed by atoms with Crippen molar-refractivity contribution in [2.45, 2.75) is 71.4 Å². The first-order valence-electron chi connectivity index (χ1n) is 9.06. The van der Waals surface area contributed by atoms with E-state index in [1.165, 1.54) is 0 Å². The second-order valence-corrected chi connectivity index (χ2v) is 8.90. The first kappa shape index (κ1) is 14.8. The standard InChI is InChI=1S/C19H27FO2/c1-18-7-5-11(20)9-15(18)16(21)10-12-13-3-4-17(22)19(13,2)8-6-14(12)18/h11-15H,3-10H2,1-2H3/t11?,12-,13-,14-,15?,18+,19-/m0/s1. The number of carbonyl (C=O) groups is 2. The molecule has 0 aliphatic heterocycles. The summed E-state index contributed by atoms with van der Waals surface area (Å²) in [7, 11) is 0. The molecule has 4 aliphatic rings. The smallest absolute Gasteiger partial charge is 0.139 e. The lowest BCUT2D eigenvalue weighted by atomic mass is 9.45. The molecule has 0 aromatic carbocycles. The van der Waals surface area contributed by atoms with E-state index >= 15 is 0 Å². The maximum atomic E-state index is 13.9. The van der Waals surface area contributed by atoms with Crippen molar-refractivity contribution >= 4 is 11.6 Å². The van der Waals surface area contributed by atoms with Crippen LogP contribution in [0.25, 0.3) is 0 Å². The molecule has 2 unspecified atom stereocenters. The van der Waals surface area contributed by atoms with E-state index in [2.05, 4.69) is 13.8 Å². The van der Waals surface area contributed by atoms with Crippen molar-refractivity contribution in [3.8, 4) is 0 Å². The van der Waals surface area contributed by atoms with Crippen molar-refractivity contribution in [3.63, 3.8) is 0 Å². The molecular formula is C19H27FO2. The second kappa shape index (κ2) is 4.64. The average molecular weight is 306 g/mol. The van der Waals surface area contributed by atoms with Crippen LogP contribution in [0.4, 0.5) is 4.39 Å². The minimum absolute atomic E-state index is 0.0183. The molecule has 122 valence electrons. The number of alkyl halides is 1. The van der Waals surface area contributed by atoms with Crippen LogP contribution in [0.2, 0.25) is 0 Å². The predicted molar refractivity (Wildman–Crippen MR) is 82.0 cm³/mol. The van der Waals surface area contributed by atoms with E-state index in [0.29, 0.717) is 49.2 Å². The van der Waals surface area contributed by atoms with Crippen LogP contribution in [0.15, 0.2) is 0 Å². The van der Waals surface area contributed by atoms with Crippen molar-refractivity contribution in [2.75, 3.05) is 0 Å². The summed E-state index contributed by atoms with van der Waals surface area (Å²) in [4.78, 5) is 25.1. The van der Waals surface area contributed by atoms with Crippen molar-refractivity contribution in [2.24, 2.45) is 34.5 Å². The summed E-state index contributed by atoms with van der Waals surface area (Å²) in [5.74, 6) is 1.92. The molecule has 4 saturated carbocycles. The van der Waals surface area contributed by atoms with Gasteiger partial charge in [0, 0.05) is 24.2 Å². The van der Waals surface area contributed by atoms with Gasteiger partial charge in [0.05, 0.1) is 0 Å². The molecule has 22 heavy (non-hydrogen) atoms. The Balaban J connectivity index is 1.69. The van der Waals surface area contributed by atoms with Gasteiger partial charge in [-0.3, -0.25) is 9.59 Å². The van der Waals surface area contributed by atoms with Crippen LogP contribution < -0.4 is 0 Å². The SMILES string of the molecule is C[C@]12CCC(F)CC1C(=O)C[C@@H]1[C@@H]2CC[C@]2(C)C(=O)CC[C@@H]12. The third kappa shape index (κ3) is 1.77. The second-order valence-electron chi connectivity index (χ2n) is 8.90. The van der Waals surface area contributed by atoms with Crippen LogP contribution >= 0.6 is 0 Å². The Morgan fingerprint density at radius 2 is 1.82 bits per heavy atom. The van der Waals surface area contributed by atoms with Gasteiger partial charge in [-0.25, -0.2) is 4.39 Å². The highest BCUT2D eigenvalue weighted by molar-refractivity contribution is 5.88. The molecule has 3 heteroatoms. The molecule has 7 atom stereocenters. The van der Waals surface area contributed by atoms with Gasteiger partial charge in [-0.05, 0) is 61.7 Å². The normalized spacial score (nSPS) is 54.6. The summed E-state index contributed by atoms with van der Waals surface area (Å²) < 4.78 is 13.9. The van der Waals surface area contributed by atoms with E-state index in [4.69, 9.17) is 0 Å². The fraction of sp³-hybridized carbons (Fsp3) is 0.895. The fourth-order valence-corrected chi connectivity index (χ4v) is 6.76. The summed E-state index contributed by atoms with van der Waals surface area (Å²) in [6.07, 6.45) is 5.42. The molecule has 0 aromatic rings. The highest BCUT2D eigenvalue weighted by Crippen LogP contribution is 2.64. The molecule has 0 heterocycles. The topological polar surface area (TPSA) is 34.1 Å². The van der Waals surface area contributed by atoms with Gasteiger partial charge >= 0.3 is 0 Å². The Kier molecular flexibility index (Phi) is 3.13. The quantitative estimate of drug-likeness (QED) is 0.675. The molecule has 0 saturated heterocycles. The number of halogens is 1. The van der Waals surface area contributed by atoms with Gasteiger partial charge in [-0.1, -0.05) is 13.8 Å². The zero-order valence-electron chi connectivity index (χ0n) is 13.7. The lowest BCUT2D eigenvalue weighted by Crippen LogP contribution is -2.56. The van der Waals surface area contributed by atoms with Crippen LogP contribution in [0.1, 0.15) is 65.2 Å². The minimum Gasteiger partial charge on any atom is -0.299 e. The van der Waals surface area contributed by atoms with Gasteiger partial charge in [0.15, 0.2) is 0 Å². The highest BCUT2D eigenvalue weighted by Gasteiger charge is 2.62. The van der Waals surface area contributed by atoms with E-state index in [1.807, 2.05) is 0 Å². The Hall–Kier alpha value is -0.730. The van der Waals surface area contributed by atoms with E-state index in [-0.39, 0.29) is 22.5 Å². The molecule has 2 nitrogen and oxygen atoms in total. The zero-order valence-corrected chi connectivity index (χ0v) is 13.7. The number of ketones is 2. The van der Waals surface area contributed by atoms with Gasteiger partial charge < -0.3 is 0 Å². The Morgan fingerprint density at radius 1 is 1.05 bits per heavy atom. The average Bonchev–Trinajstić information content (AvgIpc) is 2.77. The molecule has 4 fully saturated rings. The number of Topliss-reactive ketones (excluding diaryl/α,β-unsaturated/α-hetero) is 2.